The Hall–Kier alpha value is -1.07. The van der Waals surface area contributed by atoms with E-state index in [0.29, 0.717) is 24.3 Å². The van der Waals surface area contributed by atoms with Gasteiger partial charge < -0.3 is 10.1 Å². The Bertz CT molecular complexity index is 425. The monoisotopic (exact) mass is 287 g/mol. The maximum Gasteiger partial charge on any atom is 0.416 e. The van der Waals surface area contributed by atoms with Gasteiger partial charge in [-0.25, -0.2) is 0 Å². The lowest BCUT2D eigenvalue weighted by molar-refractivity contribution is -0.137. The van der Waals surface area contributed by atoms with Gasteiger partial charge >= 0.3 is 6.18 Å². The molecule has 5 heteroatoms. The average molecular weight is 287 g/mol. The van der Waals surface area contributed by atoms with Crippen molar-refractivity contribution in [2.24, 2.45) is 0 Å². The van der Waals surface area contributed by atoms with Gasteiger partial charge in [0.25, 0.3) is 0 Å². The van der Waals surface area contributed by atoms with Gasteiger partial charge in [0.2, 0.25) is 0 Å². The van der Waals surface area contributed by atoms with Gasteiger partial charge in [0.05, 0.1) is 11.7 Å². The first-order valence-electron chi connectivity index (χ1n) is 6.91. The van der Waals surface area contributed by atoms with Crippen molar-refractivity contribution in [1.29, 1.82) is 0 Å². The minimum absolute atomic E-state index is 0.335. The highest BCUT2D eigenvalue weighted by Crippen LogP contribution is 2.29. The van der Waals surface area contributed by atoms with Crippen LogP contribution in [0, 0.1) is 0 Å². The molecule has 2 nitrogen and oxygen atoms in total. The Morgan fingerprint density at radius 1 is 1.20 bits per heavy atom. The van der Waals surface area contributed by atoms with Gasteiger partial charge in [-0.3, -0.25) is 0 Å². The van der Waals surface area contributed by atoms with E-state index in [2.05, 4.69) is 5.32 Å². The number of nitrogens with one attached hydrogen (secondary N) is 1. The summed E-state index contributed by atoms with van der Waals surface area (Å²) in [5.41, 5.74) is 0.0913. The van der Waals surface area contributed by atoms with Crippen LogP contribution in [0.4, 0.5) is 13.2 Å². The zero-order valence-electron chi connectivity index (χ0n) is 11.5. The van der Waals surface area contributed by atoms with E-state index in [-0.39, 0.29) is 0 Å². The van der Waals surface area contributed by atoms with Crippen molar-refractivity contribution in [3.05, 3.63) is 35.4 Å². The first-order valence-corrected chi connectivity index (χ1v) is 6.91. The highest BCUT2D eigenvalue weighted by atomic mass is 19.4. The molecule has 1 aliphatic rings. The molecule has 0 atom stereocenters. The summed E-state index contributed by atoms with van der Waals surface area (Å²) in [6.45, 7) is 0.478. The normalized spacial score (nSPS) is 23.8. The average Bonchev–Trinajstić information content (AvgIpc) is 2.45. The molecule has 0 aromatic heterocycles. The summed E-state index contributed by atoms with van der Waals surface area (Å²) in [6.07, 6.45) is 0.108. The van der Waals surface area contributed by atoms with Crippen LogP contribution in [0.5, 0.6) is 0 Å². The molecule has 112 valence electrons. The largest absolute Gasteiger partial charge is 0.416 e. The third-order valence-electron chi connectivity index (χ3n) is 3.86. The number of halogens is 3. The molecule has 0 bridgehead atoms. The second kappa shape index (κ2) is 6.59. The predicted octanol–water partition coefficient (Wildman–Crippen LogP) is 3.75. The topological polar surface area (TPSA) is 21.3 Å². The van der Waals surface area contributed by atoms with Gasteiger partial charge in [-0.2, -0.15) is 13.2 Å². The van der Waals surface area contributed by atoms with Crippen LogP contribution in [0.25, 0.3) is 0 Å². The molecule has 0 amide bonds. The van der Waals surface area contributed by atoms with Crippen LogP contribution in [0.3, 0.4) is 0 Å². The molecule has 0 aliphatic heterocycles. The van der Waals surface area contributed by atoms with Crippen LogP contribution in [-0.2, 0) is 17.5 Å². The van der Waals surface area contributed by atoms with Crippen molar-refractivity contribution in [2.45, 2.75) is 50.6 Å². The number of hydrogen-bond acceptors (Lipinski definition) is 2. The van der Waals surface area contributed by atoms with Gasteiger partial charge in [0, 0.05) is 19.7 Å². The van der Waals surface area contributed by atoms with E-state index in [0.717, 1.165) is 31.7 Å². The molecule has 1 fully saturated rings. The van der Waals surface area contributed by atoms with Crippen LogP contribution < -0.4 is 5.32 Å². The summed E-state index contributed by atoms with van der Waals surface area (Å²) in [7, 11) is 1.72. The van der Waals surface area contributed by atoms with Gasteiger partial charge in [-0.15, -0.1) is 0 Å². The minimum atomic E-state index is -4.27. The second-order valence-electron chi connectivity index (χ2n) is 5.29. The molecule has 2 rings (SSSR count). The van der Waals surface area contributed by atoms with Gasteiger partial charge in [-0.05, 0) is 37.3 Å². The number of rotatable bonds is 4. The van der Waals surface area contributed by atoms with E-state index in [1.165, 1.54) is 12.1 Å². The van der Waals surface area contributed by atoms with E-state index in [4.69, 9.17) is 4.74 Å². The standard InChI is InChI=1S/C15H20F3NO/c1-20-14-7-5-13(6-8-14)19-10-11-3-2-4-12(9-11)15(16,17)18/h2-4,9,13-14,19H,5-8,10H2,1H3. The Morgan fingerprint density at radius 3 is 2.50 bits per heavy atom. The Kier molecular flexibility index (Phi) is 5.05. The molecule has 0 radical (unpaired) electrons. The van der Waals surface area contributed by atoms with E-state index < -0.39 is 11.7 Å². The summed E-state index contributed by atoms with van der Waals surface area (Å²) in [4.78, 5) is 0. The number of benzene rings is 1. The second-order valence-corrected chi connectivity index (χ2v) is 5.29. The third kappa shape index (κ3) is 4.21. The highest BCUT2D eigenvalue weighted by molar-refractivity contribution is 5.25. The molecule has 0 unspecified atom stereocenters. The number of alkyl halides is 3. The fraction of sp³-hybridized carbons (Fsp3) is 0.600. The van der Waals surface area contributed by atoms with Crippen molar-refractivity contribution >= 4 is 0 Å². The first kappa shape index (κ1) is 15.3. The Labute approximate surface area is 117 Å². The maximum atomic E-state index is 12.6. The first-order chi connectivity index (χ1) is 9.49. The van der Waals surface area contributed by atoms with Gasteiger partial charge in [0.15, 0.2) is 0 Å². The zero-order chi connectivity index (χ0) is 14.6. The Balaban J connectivity index is 1.85. The fourth-order valence-corrected chi connectivity index (χ4v) is 2.62. The molecule has 1 aromatic carbocycles. The number of ether oxygens (including phenoxy) is 1. The molecule has 1 saturated carbocycles. The molecule has 20 heavy (non-hydrogen) atoms. The van der Waals surface area contributed by atoms with Crippen LogP contribution in [0.1, 0.15) is 36.8 Å². The molecule has 1 N–H and O–H groups in total. The van der Waals surface area contributed by atoms with Crippen LogP contribution in [0.15, 0.2) is 24.3 Å². The lowest BCUT2D eigenvalue weighted by Gasteiger charge is -2.28. The van der Waals surface area contributed by atoms with Crippen molar-refractivity contribution in [2.75, 3.05) is 7.11 Å². The Morgan fingerprint density at radius 2 is 1.90 bits per heavy atom. The lowest BCUT2D eigenvalue weighted by Crippen LogP contribution is -2.34. The van der Waals surface area contributed by atoms with E-state index in [1.54, 1.807) is 13.2 Å². The van der Waals surface area contributed by atoms with Gasteiger partial charge in [0.1, 0.15) is 0 Å². The summed E-state index contributed by atoms with van der Waals surface area (Å²) in [5, 5.41) is 3.34. The van der Waals surface area contributed by atoms with Crippen LogP contribution in [0.2, 0.25) is 0 Å². The fourth-order valence-electron chi connectivity index (χ4n) is 2.62. The van der Waals surface area contributed by atoms with Crippen molar-refractivity contribution in [3.8, 4) is 0 Å². The zero-order valence-corrected chi connectivity index (χ0v) is 11.5. The maximum absolute atomic E-state index is 12.6. The minimum Gasteiger partial charge on any atom is -0.381 e. The summed E-state index contributed by atoms with van der Waals surface area (Å²) < 4.78 is 43.1. The smallest absolute Gasteiger partial charge is 0.381 e. The SMILES string of the molecule is COC1CCC(NCc2cccc(C(F)(F)F)c2)CC1. The van der Waals surface area contributed by atoms with Crippen molar-refractivity contribution in [3.63, 3.8) is 0 Å². The molecule has 0 heterocycles. The quantitative estimate of drug-likeness (QED) is 0.910. The third-order valence-corrected chi connectivity index (χ3v) is 3.86. The summed E-state index contributed by atoms with van der Waals surface area (Å²) in [5.74, 6) is 0. The molecule has 0 spiro atoms. The number of hydrogen-bond donors (Lipinski definition) is 1. The summed E-state index contributed by atoms with van der Waals surface area (Å²) in [6, 6.07) is 5.88. The van der Waals surface area contributed by atoms with E-state index >= 15 is 0 Å². The summed E-state index contributed by atoms with van der Waals surface area (Å²) >= 11 is 0. The van der Waals surface area contributed by atoms with E-state index in [1.807, 2.05) is 0 Å². The van der Waals surface area contributed by atoms with E-state index in [9.17, 15) is 13.2 Å². The van der Waals surface area contributed by atoms with Gasteiger partial charge in [-0.1, -0.05) is 18.2 Å². The lowest BCUT2D eigenvalue weighted by atomic mass is 9.93. The molecule has 0 saturated heterocycles. The molecular weight excluding hydrogens is 267 g/mol. The predicted molar refractivity (Wildman–Crippen MR) is 71.3 cm³/mol. The molecule has 1 aliphatic carbocycles. The van der Waals surface area contributed by atoms with Crippen LogP contribution >= 0.6 is 0 Å². The molecular formula is C15H20F3NO. The molecule has 1 aromatic rings. The highest BCUT2D eigenvalue weighted by Gasteiger charge is 2.30. The van der Waals surface area contributed by atoms with Crippen LogP contribution in [-0.4, -0.2) is 19.3 Å². The van der Waals surface area contributed by atoms with Crippen molar-refractivity contribution < 1.29 is 17.9 Å². The number of methoxy groups -OCH3 is 1. The van der Waals surface area contributed by atoms with Crippen molar-refractivity contribution in [1.82, 2.24) is 5.32 Å².